The molecule has 2 aromatic carbocycles. The Morgan fingerprint density at radius 1 is 1.13 bits per heavy atom. The maximum atomic E-state index is 12.4. The van der Waals surface area contributed by atoms with E-state index in [-0.39, 0.29) is 17.9 Å². The number of para-hydroxylation sites is 2. The van der Waals surface area contributed by atoms with Crippen LogP contribution in [-0.4, -0.2) is 25.1 Å². The molecule has 3 aromatic rings. The first kappa shape index (κ1) is 19.9. The Kier molecular flexibility index (Phi) is 5.65. The van der Waals surface area contributed by atoms with Gasteiger partial charge in [0.15, 0.2) is 6.61 Å². The fourth-order valence-electron chi connectivity index (χ4n) is 3.59. The minimum Gasteiger partial charge on any atom is -0.464 e. The molecule has 0 radical (unpaired) electrons. The second-order valence-electron chi connectivity index (χ2n) is 6.99. The zero-order valence-corrected chi connectivity index (χ0v) is 16.0. The van der Waals surface area contributed by atoms with Crippen molar-refractivity contribution in [1.82, 2.24) is 0 Å². The van der Waals surface area contributed by atoms with Gasteiger partial charge in [0.25, 0.3) is 5.91 Å². The van der Waals surface area contributed by atoms with Gasteiger partial charge in [-0.15, -0.1) is 0 Å². The molecular weight excluding hydrogens is 396 g/mol. The lowest BCUT2D eigenvalue weighted by Crippen LogP contribution is -2.22. The number of carbonyl (C=O) groups excluding carboxylic acids is 2. The van der Waals surface area contributed by atoms with Crippen molar-refractivity contribution >= 4 is 28.5 Å². The molecule has 4 rings (SSSR count). The third kappa shape index (κ3) is 4.42. The van der Waals surface area contributed by atoms with E-state index in [1.807, 2.05) is 6.07 Å². The van der Waals surface area contributed by atoms with Crippen LogP contribution in [0, 0.1) is 0 Å². The summed E-state index contributed by atoms with van der Waals surface area (Å²) in [6.45, 7) is -3.57. The number of fused-ring (bicyclic) bond motifs is 2. The van der Waals surface area contributed by atoms with E-state index in [1.165, 1.54) is 35.6 Å². The van der Waals surface area contributed by atoms with E-state index in [4.69, 9.17) is 9.15 Å². The van der Waals surface area contributed by atoms with E-state index in [2.05, 4.69) is 16.1 Å². The maximum Gasteiger partial charge on any atom is 0.387 e. The SMILES string of the molecule is O=C(COC(=O)Cc1coc2cc3c(cc12)CCC3)Nc1ccccc1OC(F)F. The number of amides is 1. The first-order valence-electron chi connectivity index (χ1n) is 9.51. The number of halogens is 2. The Labute approximate surface area is 170 Å². The fraction of sp³-hybridized carbons (Fsp3) is 0.273. The van der Waals surface area contributed by atoms with E-state index in [0.29, 0.717) is 5.56 Å². The number of hydrogen-bond donors (Lipinski definition) is 1. The van der Waals surface area contributed by atoms with Crippen molar-refractivity contribution in [1.29, 1.82) is 0 Å². The minimum absolute atomic E-state index is 0.0376. The van der Waals surface area contributed by atoms with Crippen molar-refractivity contribution < 1.29 is 32.3 Å². The topological polar surface area (TPSA) is 77.8 Å². The van der Waals surface area contributed by atoms with Crippen LogP contribution in [0.25, 0.3) is 11.0 Å². The molecule has 6 nitrogen and oxygen atoms in total. The normalized spacial score (nSPS) is 12.8. The van der Waals surface area contributed by atoms with Crippen molar-refractivity contribution in [3.63, 3.8) is 0 Å². The van der Waals surface area contributed by atoms with E-state index in [9.17, 15) is 18.4 Å². The third-order valence-electron chi connectivity index (χ3n) is 4.94. The molecule has 0 saturated carbocycles. The van der Waals surface area contributed by atoms with Gasteiger partial charge in [0, 0.05) is 10.9 Å². The summed E-state index contributed by atoms with van der Waals surface area (Å²) >= 11 is 0. The molecule has 0 saturated heterocycles. The Hall–Kier alpha value is -3.42. The Morgan fingerprint density at radius 3 is 2.70 bits per heavy atom. The molecule has 0 unspecified atom stereocenters. The van der Waals surface area contributed by atoms with Crippen LogP contribution in [0.5, 0.6) is 5.75 Å². The summed E-state index contributed by atoms with van der Waals surface area (Å²) in [7, 11) is 0. The summed E-state index contributed by atoms with van der Waals surface area (Å²) in [4.78, 5) is 24.2. The number of esters is 1. The fourth-order valence-corrected chi connectivity index (χ4v) is 3.59. The monoisotopic (exact) mass is 415 g/mol. The minimum atomic E-state index is -3.02. The summed E-state index contributed by atoms with van der Waals surface area (Å²) < 4.78 is 39.8. The number of hydrogen-bond acceptors (Lipinski definition) is 5. The molecule has 0 atom stereocenters. The second-order valence-corrected chi connectivity index (χ2v) is 6.99. The number of benzene rings is 2. The highest BCUT2D eigenvalue weighted by Gasteiger charge is 2.18. The van der Waals surface area contributed by atoms with Crippen LogP contribution >= 0.6 is 0 Å². The summed E-state index contributed by atoms with van der Waals surface area (Å²) in [5, 5.41) is 3.27. The Balaban J connectivity index is 1.34. The smallest absolute Gasteiger partial charge is 0.387 e. The average molecular weight is 415 g/mol. The first-order chi connectivity index (χ1) is 14.5. The van der Waals surface area contributed by atoms with Gasteiger partial charge in [-0.3, -0.25) is 9.59 Å². The van der Waals surface area contributed by atoms with E-state index >= 15 is 0 Å². The lowest BCUT2D eigenvalue weighted by molar-refractivity contribution is -0.146. The molecule has 156 valence electrons. The molecule has 30 heavy (non-hydrogen) atoms. The van der Waals surface area contributed by atoms with Gasteiger partial charge in [-0.1, -0.05) is 12.1 Å². The van der Waals surface area contributed by atoms with Gasteiger partial charge < -0.3 is 19.2 Å². The van der Waals surface area contributed by atoms with Gasteiger partial charge in [0.1, 0.15) is 11.3 Å². The largest absolute Gasteiger partial charge is 0.464 e. The predicted octanol–water partition coefficient (Wildman–Crippen LogP) is 4.25. The molecule has 0 fully saturated rings. The predicted molar refractivity (Wildman–Crippen MR) is 105 cm³/mol. The molecule has 1 aromatic heterocycles. The second kappa shape index (κ2) is 8.52. The van der Waals surface area contributed by atoms with E-state index < -0.39 is 25.1 Å². The van der Waals surface area contributed by atoms with Crippen molar-refractivity contribution in [2.24, 2.45) is 0 Å². The van der Waals surface area contributed by atoms with Crippen LogP contribution < -0.4 is 10.1 Å². The van der Waals surface area contributed by atoms with Gasteiger partial charge in [0.2, 0.25) is 0 Å². The lowest BCUT2D eigenvalue weighted by Gasteiger charge is -2.11. The third-order valence-corrected chi connectivity index (χ3v) is 4.94. The summed E-state index contributed by atoms with van der Waals surface area (Å²) in [6, 6.07) is 9.83. The zero-order valence-electron chi connectivity index (χ0n) is 16.0. The maximum absolute atomic E-state index is 12.4. The molecule has 8 heteroatoms. The molecule has 0 aliphatic heterocycles. The number of anilines is 1. The number of aryl methyl sites for hydroxylation is 2. The summed E-state index contributed by atoms with van der Waals surface area (Å²) in [5.41, 5.74) is 4.03. The molecule has 1 aliphatic rings. The summed E-state index contributed by atoms with van der Waals surface area (Å²) in [5.74, 6) is -1.43. The average Bonchev–Trinajstić information content (AvgIpc) is 3.32. The van der Waals surface area contributed by atoms with Gasteiger partial charge >= 0.3 is 12.6 Å². The quantitative estimate of drug-likeness (QED) is 0.584. The highest BCUT2D eigenvalue weighted by molar-refractivity contribution is 5.94. The molecule has 1 amide bonds. The number of furan rings is 1. The number of ether oxygens (including phenoxy) is 2. The molecule has 0 spiro atoms. The van der Waals surface area contributed by atoms with Crippen LogP contribution in [0.1, 0.15) is 23.1 Å². The van der Waals surface area contributed by atoms with Crippen LogP contribution in [0.4, 0.5) is 14.5 Å². The summed E-state index contributed by atoms with van der Waals surface area (Å²) in [6.07, 6.45) is 4.64. The molecule has 1 N–H and O–H groups in total. The first-order valence-corrected chi connectivity index (χ1v) is 9.51. The Morgan fingerprint density at radius 2 is 1.90 bits per heavy atom. The lowest BCUT2D eigenvalue weighted by atomic mass is 10.0. The van der Waals surface area contributed by atoms with Gasteiger partial charge in [-0.2, -0.15) is 8.78 Å². The van der Waals surface area contributed by atoms with E-state index in [1.54, 1.807) is 6.07 Å². The molecule has 1 aliphatic carbocycles. The van der Waals surface area contributed by atoms with Gasteiger partial charge in [-0.05, 0) is 54.7 Å². The number of nitrogens with one attached hydrogen (secondary N) is 1. The van der Waals surface area contributed by atoms with Crippen molar-refractivity contribution in [2.75, 3.05) is 11.9 Å². The van der Waals surface area contributed by atoms with Crippen LogP contribution in [0.3, 0.4) is 0 Å². The molecule has 0 bridgehead atoms. The van der Waals surface area contributed by atoms with Crippen LogP contribution in [0.15, 0.2) is 47.1 Å². The van der Waals surface area contributed by atoms with Gasteiger partial charge in [0.05, 0.1) is 18.4 Å². The van der Waals surface area contributed by atoms with Crippen molar-refractivity contribution in [2.45, 2.75) is 32.3 Å². The Bertz CT molecular complexity index is 1090. The molecular formula is C22H19F2NO5. The van der Waals surface area contributed by atoms with E-state index in [0.717, 1.165) is 30.2 Å². The standard InChI is InChI=1S/C22H19F2NO5/c23-22(24)30-18-7-2-1-6-17(18)25-20(26)12-29-21(27)10-15-11-28-19-9-14-5-3-4-13(14)8-16(15)19/h1-2,6-9,11,22H,3-5,10,12H2,(H,25,26). The van der Waals surface area contributed by atoms with Gasteiger partial charge in [-0.25, -0.2) is 0 Å². The highest BCUT2D eigenvalue weighted by Crippen LogP contribution is 2.30. The molecule has 1 heterocycles. The highest BCUT2D eigenvalue weighted by atomic mass is 19.3. The number of carbonyl (C=O) groups is 2. The zero-order chi connectivity index (χ0) is 21.1. The number of rotatable bonds is 7. The van der Waals surface area contributed by atoms with Crippen LogP contribution in [0.2, 0.25) is 0 Å². The van der Waals surface area contributed by atoms with Crippen molar-refractivity contribution in [3.05, 3.63) is 59.4 Å². The van der Waals surface area contributed by atoms with Crippen LogP contribution in [-0.2, 0) is 33.6 Å². The van der Waals surface area contributed by atoms with Crippen molar-refractivity contribution in [3.8, 4) is 5.75 Å². The number of alkyl halides is 2.